The lowest BCUT2D eigenvalue weighted by atomic mass is 10.2. The molecule has 0 unspecified atom stereocenters. The summed E-state index contributed by atoms with van der Waals surface area (Å²) in [5.41, 5.74) is 0.860. The van der Waals surface area contributed by atoms with Crippen LogP contribution in [0.5, 0.6) is 0 Å². The van der Waals surface area contributed by atoms with Crippen molar-refractivity contribution in [3.8, 4) is 0 Å². The number of nitrogens with zero attached hydrogens (tertiary/aromatic N) is 5. The molecule has 2 aromatic rings. The minimum absolute atomic E-state index is 0.248. The molecule has 2 aromatic heterocycles. The van der Waals surface area contributed by atoms with Crippen LogP contribution in [0.4, 0.5) is 5.82 Å². The normalized spacial score (nSPS) is 23.6. The van der Waals surface area contributed by atoms with E-state index in [-0.39, 0.29) is 12.2 Å². The Morgan fingerprint density at radius 3 is 2.67 bits per heavy atom. The number of hydrogen-bond donors (Lipinski definition) is 1. The van der Waals surface area contributed by atoms with Gasteiger partial charge >= 0.3 is 0 Å². The molecule has 3 heterocycles. The van der Waals surface area contributed by atoms with Crippen LogP contribution in [-0.4, -0.2) is 57.0 Å². The highest BCUT2D eigenvalue weighted by Crippen LogP contribution is 2.20. The molecular weight excluding hydrogens is 268 g/mol. The Balaban J connectivity index is 1.88. The average Bonchev–Trinajstić information content (AvgIpc) is 2.79. The molecule has 2 atom stereocenters. The molecule has 0 aromatic carbocycles. The van der Waals surface area contributed by atoms with E-state index in [4.69, 9.17) is 4.74 Å². The summed E-state index contributed by atoms with van der Waals surface area (Å²) >= 11 is 0. The van der Waals surface area contributed by atoms with Crippen LogP contribution in [0.2, 0.25) is 0 Å². The molecule has 1 fully saturated rings. The summed E-state index contributed by atoms with van der Waals surface area (Å²) in [6.07, 6.45) is 2.29. The number of rotatable bonds is 3. The second-order valence-electron chi connectivity index (χ2n) is 5.70. The summed E-state index contributed by atoms with van der Waals surface area (Å²) in [6, 6.07) is 0. The van der Waals surface area contributed by atoms with Crippen LogP contribution in [0.3, 0.4) is 0 Å². The van der Waals surface area contributed by atoms with Crippen LogP contribution in [0.15, 0.2) is 6.20 Å². The number of anilines is 1. The molecule has 1 saturated heterocycles. The van der Waals surface area contributed by atoms with Crippen molar-refractivity contribution in [1.82, 2.24) is 24.6 Å². The van der Waals surface area contributed by atoms with Gasteiger partial charge in [0, 0.05) is 27.2 Å². The van der Waals surface area contributed by atoms with Crippen molar-refractivity contribution in [1.29, 1.82) is 0 Å². The molecule has 7 heteroatoms. The summed E-state index contributed by atoms with van der Waals surface area (Å²) in [6.45, 7) is 6.76. The van der Waals surface area contributed by atoms with E-state index in [0.29, 0.717) is 0 Å². The van der Waals surface area contributed by atoms with Gasteiger partial charge < -0.3 is 10.1 Å². The van der Waals surface area contributed by atoms with E-state index in [2.05, 4.69) is 39.1 Å². The topological polar surface area (TPSA) is 68.1 Å². The summed E-state index contributed by atoms with van der Waals surface area (Å²) in [4.78, 5) is 11.6. The molecule has 3 rings (SSSR count). The maximum Gasteiger partial charge on any atom is 0.163 e. The van der Waals surface area contributed by atoms with Gasteiger partial charge in [0.05, 0.1) is 30.3 Å². The highest BCUT2D eigenvalue weighted by molar-refractivity contribution is 5.86. The molecule has 0 radical (unpaired) electrons. The SMILES string of the molecule is CNc1nc(CN2C[C@@H](C)O[C@@H](C)C2)nc2c1cnn2C. The van der Waals surface area contributed by atoms with Gasteiger partial charge in [-0.25, -0.2) is 9.97 Å². The Kier molecular flexibility index (Phi) is 3.77. The number of hydrogen-bond acceptors (Lipinski definition) is 6. The van der Waals surface area contributed by atoms with Crippen LogP contribution in [0, 0.1) is 0 Å². The molecule has 114 valence electrons. The first-order valence-electron chi connectivity index (χ1n) is 7.31. The number of nitrogens with one attached hydrogen (secondary N) is 1. The van der Waals surface area contributed by atoms with Gasteiger partial charge in [-0.05, 0) is 13.8 Å². The average molecular weight is 290 g/mol. The van der Waals surface area contributed by atoms with Gasteiger partial charge in [-0.3, -0.25) is 9.58 Å². The molecule has 0 aliphatic carbocycles. The van der Waals surface area contributed by atoms with Crippen molar-refractivity contribution in [3.05, 3.63) is 12.0 Å². The third-order valence-corrected chi connectivity index (χ3v) is 3.74. The lowest BCUT2D eigenvalue weighted by Gasteiger charge is -2.34. The number of aryl methyl sites for hydroxylation is 1. The smallest absolute Gasteiger partial charge is 0.163 e. The van der Waals surface area contributed by atoms with Crippen molar-refractivity contribution in [2.45, 2.75) is 32.6 Å². The predicted octanol–water partition coefficient (Wildman–Crippen LogP) is 1.01. The van der Waals surface area contributed by atoms with Gasteiger partial charge in [-0.15, -0.1) is 0 Å². The van der Waals surface area contributed by atoms with Crippen molar-refractivity contribution in [2.75, 3.05) is 25.5 Å². The predicted molar refractivity (Wildman–Crippen MR) is 81.1 cm³/mol. The maximum atomic E-state index is 5.77. The van der Waals surface area contributed by atoms with Gasteiger partial charge in [-0.1, -0.05) is 0 Å². The molecule has 0 spiro atoms. The van der Waals surface area contributed by atoms with Crippen molar-refractivity contribution >= 4 is 16.9 Å². The van der Waals surface area contributed by atoms with Gasteiger partial charge in [0.15, 0.2) is 5.65 Å². The third-order valence-electron chi connectivity index (χ3n) is 3.74. The molecule has 0 amide bonds. The minimum atomic E-state index is 0.248. The summed E-state index contributed by atoms with van der Waals surface area (Å²) in [5.74, 6) is 1.65. The monoisotopic (exact) mass is 290 g/mol. The molecule has 1 N–H and O–H groups in total. The maximum absolute atomic E-state index is 5.77. The summed E-state index contributed by atoms with van der Waals surface area (Å²) in [5, 5.41) is 8.34. The highest BCUT2D eigenvalue weighted by atomic mass is 16.5. The fourth-order valence-electron chi connectivity index (χ4n) is 2.94. The lowest BCUT2D eigenvalue weighted by molar-refractivity contribution is -0.0710. The van der Waals surface area contributed by atoms with Crippen molar-refractivity contribution < 1.29 is 4.74 Å². The first kappa shape index (κ1) is 14.2. The molecule has 1 aliphatic rings. The Morgan fingerprint density at radius 1 is 1.29 bits per heavy atom. The Morgan fingerprint density at radius 2 is 2.00 bits per heavy atom. The highest BCUT2D eigenvalue weighted by Gasteiger charge is 2.23. The van der Waals surface area contributed by atoms with Gasteiger partial charge in [0.2, 0.25) is 0 Å². The zero-order valence-electron chi connectivity index (χ0n) is 13.0. The van der Waals surface area contributed by atoms with E-state index in [0.717, 1.165) is 42.3 Å². The second-order valence-corrected chi connectivity index (χ2v) is 5.70. The van der Waals surface area contributed by atoms with Crippen molar-refractivity contribution in [3.63, 3.8) is 0 Å². The van der Waals surface area contributed by atoms with E-state index in [9.17, 15) is 0 Å². The summed E-state index contributed by atoms with van der Waals surface area (Å²) < 4.78 is 7.55. The molecular formula is C14H22N6O. The second kappa shape index (κ2) is 5.57. The molecule has 1 aliphatic heterocycles. The largest absolute Gasteiger partial charge is 0.373 e. The first-order chi connectivity index (χ1) is 10.1. The quantitative estimate of drug-likeness (QED) is 0.910. The number of morpholine rings is 1. The number of fused-ring (bicyclic) bond motifs is 1. The summed E-state index contributed by atoms with van der Waals surface area (Å²) in [7, 11) is 3.77. The lowest BCUT2D eigenvalue weighted by Crippen LogP contribution is -2.45. The third kappa shape index (κ3) is 2.84. The van der Waals surface area contributed by atoms with E-state index < -0.39 is 0 Å². The molecule has 0 bridgehead atoms. The zero-order chi connectivity index (χ0) is 15.0. The first-order valence-corrected chi connectivity index (χ1v) is 7.31. The van der Waals surface area contributed by atoms with Crippen molar-refractivity contribution in [2.24, 2.45) is 7.05 Å². The van der Waals surface area contributed by atoms with Crippen LogP contribution >= 0.6 is 0 Å². The van der Waals surface area contributed by atoms with E-state index in [1.807, 2.05) is 14.1 Å². The Labute approximate surface area is 124 Å². The fraction of sp³-hybridized carbons (Fsp3) is 0.643. The Hall–Kier alpha value is -1.73. The van der Waals surface area contributed by atoms with Gasteiger partial charge in [0.25, 0.3) is 0 Å². The van der Waals surface area contributed by atoms with Crippen LogP contribution in [-0.2, 0) is 18.3 Å². The van der Waals surface area contributed by atoms with Gasteiger partial charge in [0.1, 0.15) is 11.6 Å². The fourth-order valence-corrected chi connectivity index (χ4v) is 2.94. The Bertz CT molecular complexity index is 630. The van der Waals surface area contributed by atoms with Crippen LogP contribution in [0.25, 0.3) is 11.0 Å². The van der Waals surface area contributed by atoms with Crippen LogP contribution < -0.4 is 5.32 Å². The van der Waals surface area contributed by atoms with E-state index in [1.165, 1.54) is 0 Å². The van der Waals surface area contributed by atoms with E-state index in [1.54, 1.807) is 10.9 Å². The molecule has 7 nitrogen and oxygen atoms in total. The molecule has 21 heavy (non-hydrogen) atoms. The van der Waals surface area contributed by atoms with Gasteiger partial charge in [-0.2, -0.15) is 5.10 Å². The molecule has 0 saturated carbocycles. The standard InChI is InChI=1S/C14H22N6O/c1-9-6-20(7-10(2)21-9)8-12-17-13(15-3)11-5-16-19(4)14(11)18-12/h5,9-10H,6-8H2,1-4H3,(H,15,17,18)/t9-,10+. The van der Waals surface area contributed by atoms with E-state index >= 15 is 0 Å². The van der Waals surface area contributed by atoms with Crippen LogP contribution in [0.1, 0.15) is 19.7 Å². The number of aromatic nitrogens is 4. The minimum Gasteiger partial charge on any atom is -0.373 e. The zero-order valence-corrected chi connectivity index (χ0v) is 13.0. The number of ether oxygens (including phenoxy) is 1.